The molecule has 0 atom stereocenters. The first kappa shape index (κ1) is 22.7. The second-order valence-corrected chi connectivity index (χ2v) is 8.08. The van der Waals surface area contributed by atoms with Gasteiger partial charge in [0.25, 0.3) is 5.91 Å². The molecule has 0 aliphatic carbocycles. The van der Waals surface area contributed by atoms with Crippen LogP contribution in [0.2, 0.25) is 0 Å². The second kappa shape index (κ2) is 9.68. The van der Waals surface area contributed by atoms with Crippen LogP contribution in [0.15, 0.2) is 59.1 Å². The molecule has 5 rings (SSSR count). The zero-order chi connectivity index (χ0) is 24.4. The summed E-state index contributed by atoms with van der Waals surface area (Å²) in [7, 11) is 4.71. The van der Waals surface area contributed by atoms with Crippen molar-refractivity contribution < 1.29 is 28.2 Å². The van der Waals surface area contributed by atoms with E-state index in [1.807, 2.05) is 53.4 Å². The van der Waals surface area contributed by atoms with Crippen molar-refractivity contribution in [1.29, 1.82) is 0 Å². The first-order valence-corrected chi connectivity index (χ1v) is 11.3. The molecule has 8 heteroatoms. The lowest BCUT2D eigenvalue weighted by molar-refractivity contribution is 0.0303. The molecule has 180 valence electrons. The number of benzene rings is 2. The van der Waals surface area contributed by atoms with Gasteiger partial charge in [0.2, 0.25) is 5.75 Å². The van der Waals surface area contributed by atoms with Crippen LogP contribution in [0.4, 0.5) is 0 Å². The standard InChI is InChI=1S/C27H26N2O6/c1-31-23-14-19(15-24(32-2)26(23)33-3)22-16-21-25(35-22)20(7-8-28-21)17-5-4-6-18(13-17)27(30)29-9-11-34-12-10-29/h4-8,13-16H,9-12H2,1-3H3. The molecule has 1 amide bonds. The van der Waals surface area contributed by atoms with Gasteiger partial charge in [0.05, 0.1) is 34.5 Å². The minimum Gasteiger partial charge on any atom is -0.493 e. The molecule has 4 aromatic rings. The molecule has 0 radical (unpaired) electrons. The van der Waals surface area contributed by atoms with Gasteiger partial charge in [-0.1, -0.05) is 12.1 Å². The summed E-state index contributed by atoms with van der Waals surface area (Å²) in [6.45, 7) is 2.32. The van der Waals surface area contributed by atoms with Gasteiger partial charge in [0.15, 0.2) is 17.1 Å². The van der Waals surface area contributed by atoms with E-state index in [1.54, 1.807) is 27.5 Å². The van der Waals surface area contributed by atoms with E-state index in [0.29, 0.717) is 66.0 Å². The Labute approximate surface area is 203 Å². The molecule has 35 heavy (non-hydrogen) atoms. The number of pyridine rings is 1. The lowest BCUT2D eigenvalue weighted by Crippen LogP contribution is -2.40. The molecule has 1 aliphatic heterocycles. The summed E-state index contributed by atoms with van der Waals surface area (Å²) in [5, 5.41) is 0. The zero-order valence-corrected chi connectivity index (χ0v) is 19.9. The third kappa shape index (κ3) is 4.28. The van der Waals surface area contributed by atoms with Gasteiger partial charge in [0.1, 0.15) is 11.3 Å². The summed E-state index contributed by atoms with van der Waals surface area (Å²) in [5.74, 6) is 2.18. The van der Waals surface area contributed by atoms with Crippen LogP contribution in [-0.2, 0) is 4.74 Å². The van der Waals surface area contributed by atoms with Crippen LogP contribution >= 0.6 is 0 Å². The summed E-state index contributed by atoms with van der Waals surface area (Å²) in [6, 6.07) is 15.0. The normalized spacial score (nSPS) is 13.6. The minimum atomic E-state index is -0.00185. The van der Waals surface area contributed by atoms with Crippen molar-refractivity contribution in [2.75, 3.05) is 47.6 Å². The highest BCUT2D eigenvalue weighted by atomic mass is 16.5. The number of amides is 1. The van der Waals surface area contributed by atoms with Crippen molar-refractivity contribution in [2.45, 2.75) is 0 Å². The zero-order valence-electron chi connectivity index (χ0n) is 19.9. The molecule has 0 unspecified atom stereocenters. The Hall–Kier alpha value is -4.04. The average molecular weight is 475 g/mol. The molecular formula is C27H26N2O6. The Morgan fingerprint density at radius 3 is 2.34 bits per heavy atom. The molecule has 0 bridgehead atoms. The number of hydrogen-bond donors (Lipinski definition) is 0. The maximum absolute atomic E-state index is 13.0. The molecule has 0 N–H and O–H groups in total. The van der Waals surface area contributed by atoms with Gasteiger partial charge in [-0.25, -0.2) is 0 Å². The van der Waals surface area contributed by atoms with E-state index >= 15 is 0 Å². The van der Waals surface area contributed by atoms with E-state index in [9.17, 15) is 4.79 Å². The topological polar surface area (TPSA) is 83.3 Å². The van der Waals surface area contributed by atoms with E-state index < -0.39 is 0 Å². The number of carbonyl (C=O) groups excluding carboxylic acids is 1. The molecule has 3 heterocycles. The maximum atomic E-state index is 13.0. The highest BCUT2D eigenvalue weighted by Gasteiger charge is 2.21. The lowest BCUT2D eigenvalue weighted by atomic mass is 10.0. The number of carbonyl (C=O) groups is 1. The van der Waals surface area contributed by atoms with E-state index in [4.69, 9.17) is 23.4 Å². The molecule has 0 saturated carbocycles. The van der Waals surface area contributed by atoms with Crippen molar-refractivity contribution in [3.05, 3.63) is 60.3 Å². The number of methoxy groups -OCH3 is 3. The molecule has 1 aliphatic rings. The first-order chi connectivity index (χ1) is 17.1. The van der Waals surface area contributed by atoms with Gasteiger partial charge >= 0.3 is 0 Å². The van der Waals surface area contributed by atoms with Crippen molar-refractivity contribution in [3.8, 4) is 39.7 Å². The van der Waals surface area contributed by atoms with E-state index in [1.165, 1.54) is 0 Å². The second-order valence-electron chi connectivity index (χ2n) is 8.08. The Morgan fingerprint density at radius 2 is 1.66 bits per heavy atom. The highest BCUT2D eigenvalue weighted by Crippen LogP contribution is 2.42. The SMILES string of the molecule is COc1cc(-c2cc3nccc(-c4cccc(C(=O)N5CCOCC5)c4)c3o2)cc(OC)c1OC. The Kier molecular flexibility index (Phi) is 6.29. The summed E-state index contributed by atoms with van der Waals surface area (Å²) >= 11 is 0. The maximum Gasteiger partial charge on any atom is 0.254 e. The molecule has 2 aromatic heterocycles. The van der Waals surface area contributed by atoms with Gasteiger partial charge < -0.3 is 28.3 Å². The van der Waals surface area contributed by atoms with Gasteiger partial charge in [-0.15, -0.1) is 0 Å². The van der Waals surface area contributed by atoms with Crippen LogP contribution in [0.25, 0.3) is 33.6 Å². The first-order valence-electron chi connectivity index (χ1n) is 11.3. The summed E-state index contributed by atoms with van der Waals surface area (Å²) in [4.78, 5) is 19.3. The molecule has 0 spiro atoms. The lowest BCUT2D eigenvalue weighted by Gasteiger charge is -2.27. The number of aromatic nitrogens is 1. The van der Waals surface area contributed by atoms with Gasteiger partial charge in [0, 0.05) is 42.0 Å². The van der Waals surface area contributed by atoms with Gasteiger partial charge in [-0.3, -0.25) is 9.78 Å². The Bertz CT molecular complexity index is 1350. The molecule has 8 nitrogen and oxygen atoms in total. The van der Waals surface area contributed by atoms with Crippen LogP contribution in [0.1, 0.15) is 10.4 Å². The third-order valence-corrected chi connectivity index (χ3v) is 6.08. The molecular weight excluding hydrogens is 448 g/mol. The quantitative estimate of drug-likeness (QED) is 0.402. The summed E-state index contributed by atoms with van der Waals surface area (Å²) < 4.78 is 28.1. The van der Waals surface area contributed by atoms with E-state index in [2.05, 4.69) is 4.98 Å². The number of fused-ring (bicyclic) bond motifs is 1. The van der Waals surface area contributed by atoms with E-state index in [-0.39, 0.29) is 5.91 Å². The van der Waals surface area contributed by atoms with Crippen molar-refractivity contribution >= 4 is 17.0 Å². The van der Waals surface area contributed by atoms with Gasteiger partial charge in [-0.05, 0) is 35.9 Å². The Balaban J connectivity index is 1.55. The fraction of sp³-hybridized carbons (Fsp3) is 0.259. The summed E-state index contributed by atoms with van der Waals surface area (Å²) in [5.41, 5.74) is 4.46. The fourth-order valence-electron chi connectivity index (χ4n) is 4.30. The number of hydrogen-bond acceptors (Lipinski definition) is 7. The van der Waals surface area contributed by atoms with Crippen LogP contribution in [0, 0.1) is 0 Å². The number of furan rings is 1. The predicted octanol–water partition coefficient (Wildman–Crippen LogP) is 4.66. The largest absolute Gasteiger partial charge is 0.493 e. The van der Waals surface area contributed by atoms with E-state index in [0.717, 1.165) is 16.7 Å². The average Bonchev–Trinajstić information content (AvgIpc) is 3.37. The molecule has 1 saturated heterocycles. The fourth-order valence-corrected chi connectivity index (χ4v) is 4.30. The molecule has 1 fully saturated rings. The van der Waals surface area contributed by atoms with Gasteiger partial charge in [-0.2, -0.15) is 0 Å². The number of nitrogens with zero attached hydrogens (tertiary/aromatic N) is 2. The van der Waals surface area contributed by atoms with Crippen LogP contribution in [0.3, 0.4) is 0 Å². The molecule has 2 aromatic carbocycles. The number of morpholine rings is 1. The monoisotopic (exact) mass is 474 g/mol. The van der Waals surface area contributed by atoms with Crippen LogP contribution in [0.5, 0.6) is 17.2 Å². The van der Waals surface area contributed by atoms with Crippen LogP contribution < -0.4 is 14.2 Å². The third-order valence-electron chi connectivity index (χ3n) is 6.08. The van der Waals surface area contributed by atoms with Crippen molar-refractivity contribution in [3.63, 3.8) is 0 Å². The predicted molar refractivity (Wildman–Crippen MR) is 131 cm³/mol. The Morgan fingerprint density at radius 1 is 0.914 bits per heavy atom. The number of ether oxygens (including phenoxy) is 4. The van der Waals surface area contributed by atoms with Crippen molar-refractivity contribution in [1.82, 2.24) is 9.88 Å². The summed E-state index contributed by atoms with van der Waals surface area (Å²) in [6.07, 6.45) is 1.74. The smallest absolute Gasteiger partial charge is 0.254 e. The highest BCUT2D eigenvalue weighted by molar-refractivity contribution is 5.98. The van der Waals surface area contributed by atoms with Crippen LogP contribution in [-0.4, -0.2) is 63.4 Å². The minimum absolute atomic E-state index is 0.00185. The number of rotatable bonds is 6. The van der Waals surface area contributed by atoms with Crippen molar-refractivity contribution in [2.24, 2.45) is 0 Å².